The molecule has 1 heterocycles. The average Bonchev–Trinajstić information content (AvgIpc) is 3.22. The molecule has 7 nitrogen and oxygen atoms in total. The molecule has 30 heavy (non-hydrogen) atoms. The Kier molecular flexibility index (Phi) is 6.48. The fourth-order valence-electron chi connectivity index (χ4n) is 3.24. The Morgan fingerprint density at radius 3 is 2.67 bits per heavy atom. The third-order valence-electron chi connectivity index (χ3n) is 4.72. The van der Waals surface area contributed by atoms with E-state index in [9.17, 15) is 13.2 Å². The van der Waals surface area contributed by atoms with Gasteiger partial charge in [0, 0.05) is 24.0 Å². The van der Waals surface area contributed by atoms with Crippen molar-refractivity contribution in [2.24, 2.45) is 0 Å². The molecule has 1 amide bonds. The molecule has 2 aromatic carbocycles. The van der Waals surface area contributed by atoms with E-state index in [1.165, 1.54) is 0 Å². The van der Waals surface area contributed by atoms with Crippen LogP contribution in [0.2, 0.25) is 5.02 Å². The van der Waals surface area contributed by atoms with Crippen molar-refractivity contribution in [1.29, 1.82) is 0 Å². The first-order valence-electron chi connectivity index (χ1n) is 9.28. The summed E-state index contributed by atoms with van der Waals surface area (Å²) in [6, 6.07) is 11.6. The Morgan fingerprint density at radius 2 is 2.00 bits per heavy atom. The van der Waals surface area contributed by atoms with E-state index >= 15 is 0 Å². The lowest BCUT2D eigenvalue weighted by Crippen LogP contribution is -2.48. The van der Waals surface area contributed by atoms with Gasteiger partial charge in [-0.15, -0.1) is 0 Å². The highest BCUT2D eigenvalue weighted by Crippen LogP contribution is 2.28. The lowest BCUT2D eigenvalue weighted by molar-refractivity contribution is -0.122. The fourth-order valence-corrected chi connectivity index (χ4v) is 4.64. The third-order valence-corrected chi connectivity index (χ3v) is 6.19. The highest BCUT2D eigenvalue weighted by molar-refractivity contribution is 7.92. The summed E-state index contributed by atoms with van der Waals surface area (Å²) in [6.07, 6.45) is 6.24. The smallest absolute Gasteiger partial charge is 0.243 e. The van der Waals surface area contributed by atoms with Gasteiger partial charge in [-0.3, -0.25) is 9.10 Å². The number of anilines is 1. The third kappa shape index (κ3) is 4.83. The Hall–Kier alpha value is -2.84. The van der Waals surface area contributed by atoms with Crippen LogP contribution in [0.4, 0.5) is 5.69 Å². The summed E-state index contributed by atoms with van der Waals surface area (Å²) >= 11 is 6.07. The van der Waals surface area contributed by atoms with Crippen LogP contribution < -0.4 is 9.62 Å². The molecule has 0 radical (unpaired) electrons. The summed E-state index contributed by atoms with van der Waals surface area (Å²) < 4.78 is 28.0. The maximum Gasteiger partial charge on any atom is 0.243 e. The number of sulfonamides is 1. The van der Waals surface area contributed by atoms with Gasteiger partial charge in [-0.25, -0.2) is 13.4 Å². The summed E-state index contributed by atoms with van der Waals surface area (Å²) in [5.74, 6) is -0.416. The molecule has 1 aromatic heterocycles. The Balaban J connectivity index is 1.83. The van der Waals surface area contributed by atoms with Gasteiger partial charge >= 0.3 is 0 Å². The monoisotopic (exact) mass is 446 g/mol. The van der Waals surface area contributed by atoms with Gasteiger partial charge in [0.05, 0.1) is 24.0 Å². The zero-order valence-corrected chi connectivity index (χ0v) is 18.5. The fraction of sp³-hybridized carbons (Fsp3) is 0.238. The molecule has 158 valence electrons. The number of hydrogen-bond donors (Lipinski definition) is 1. The molecule has 0 aliphatic heterocycles. The van der Waals surface area contributed by atoms with E-state index in [-0.39, 0.29) is 6.54 Å². The molecule has 0 saturated heterocycles. The topological polar surface area (TPSA) is 84.3 Å². The molecule has 0 aliphatic carbocycles. The van der Waals surface area contributed by atoms with Gasteiger partial charge in [0.15, 0.2) is 0 Å². The van der Waals surface area contributed by atoms with Crippen molar-refractivity contribution in [3.63, 3.8) is 0 Å². The van der Waals surface area contributed by atoms with Crippen LogP contribution in [-0.4, -0.2) is 36.2 Å². The lowest BCUT2D eigenvalue weighted by atomic mass is 10.1. The Labute approximate surface area is 181 Å². The summed E-state index contributed by atoms with van der Waals surface area (Å²) in [5, 5.41) is 3.24. The second-order valence-electron chi connectivity index (χ2n) is 6.98. The predicted molar refractivity (Wildman–Crippen MR) is 118 cm³/mol. The number of para-hydroxylation sites is 1. The number of carbonyl (C=O) groups excluding carboxylic acids is 1. The highest BCUT2D eigenvalue weighted by Gasteiger charge is 2.30. The van der Waals surface area contributed by atoms with Gasteiger partial charge in [-0.05, 0) is 43.2 Å². The summed E-state index contributed by atoms with van der Waals surface area (Å²) in [4.78, 5) is 17.0. The largest absolute Gasteiger partial charge is 0.350 e. The van der Waals surface area contributed by atoms with Crippen molar-refractivity contribution in [3.8, 4) is 5.69 Å². The standard InChI is InChI=1S/C21H23ClN4O3S/c1-15-8-9-18(22)12-20(15)26(30(3,28)29)16(2)21(27)24-13-17-6-4-5-7-19(17)25-11-10-23-14-25/h4-12,14,16H,13H2,1-3H3,(H,24,27)/t16-/m0/s1. The highest BCUT2D eigenvalue weighted by atomic mass is 35.5. The zero-order chi connectivity index (χ0) is 21.9. The maximum absolute atomic E-state index is 12.9. The molecule has 1 N–H and O–H groups in total. The minimum Gasteiger partial charge on any atom is -0.350 e. The van der Waals surface area contributed by atoms with Crippen LogP contribution >= 0.6 is 11.6 Å². The van der Waals surface area contributed by atoms with E-state index in [2.05, 4.69) is 10.3 Å². The normalized spacial score (nSPS) is 12.4. The van der Waals surface area contributed by atoms with Crippen molar-refractivity contribution in [2.45, 2.75) is 26.4 Å². The predicted octanol–water partition coefficient (Wildman–Crippen LogP) is 3.31. The van der Waals surface area contributed by atoms with Crippen LogP contribution in [0.25, 0.3) is 5.69 Å². The maximum atomic E-state index is 12.9. The van der Waals surface area contributed by atoms with Crippen molar-refractivity contribution < 1.29 is 13.2 Å². The summed E-state index contributed by atoms with van der Waals surface area (Å²) in [7, 11) is -3.73. The minimum absolute atomic E-state index is 0.240. The Bertz CT molecular complexity index is 1150. The van der Waals surface area contributed by atoms with Crippen molar-refractivity contribution in [2.75, 3.05) is 10.6 Å². The van der Waals surface area contributed by atoms with Gasteiger partial charge in [0.25, 0.3) is 0 Å². The first kappa shape index (κ1) is 21.9. The van der Waals surface area contributed by atoms with Crippen LogP contribution in [0.3, 0.4) is 0 Å². The van der Waals surface area contributed by atoms with Crippen molar-refractivity contribution >= 4 is 33.2 Å². The number of aryl methyl sites for hydroxylation is 1. The first-order valence-corrected chi connectivity index (χ1v) is 11.5. The molecule has 0 saturated carbocycles. The first-order chi connectivity index (χ1) is 14.2. The number of nitrogens with zero attached hydrogens (tertiary/aromatic N) is 3. The van der Waals surface area contributed by atoms with Crippen molar-refractivity contribution in [1.82, 2.24) is 14.9 Å². The number of halogens is 1. The van der Waals surface area contributed by atoms with E-state index in [4.69, 9.17) is 11.6 Å². The zero-order valence-electron chi connectivity index (χ0n) is 16.9. The van der Waals surface area contributed by atoms with Crippen LogP contribution in [0.5, 0.6) is 0 Å². The number of amides is 1. The molecule has 3 aromatic rings. The van der Waals surface area contributed by atoms with Crippen molar-refractivity contribution in [3.05, 3.63) is 77.3 Å². The van der Waals surface area contributed by atoms with Crippen LogP contribution in [0, 0.1) is 6.92 Å². The molecule has 0 aliphatic rings. The molecule has 0 unspecified atom stereocenters. The van der Waals surface area contributed by atoms with E-state index < -0.39 is 22.0 Å². The molecule has 1 atom stereocenters. The number of benzene rings is 2. The number of nitrogens with one attached hydrogen (secondary N) is 1. The minimum atomic E-state index is -3.73. The lowest BCUT2D eigenvalue weighted by Gasteiger charge is -2.29. The van der Waals surface area contributed by atoms with Gasteiger partial charge in [-0.2, -0.15) is 0 Å². The van der Waals surface area contributed by atoms with E-state index in [1.807, 2.05) is 35.0 Å². The molecular weight excluding hydrogens is 424 g/mol. The number of carbonyl (C=O) groups is 1. The molecule has 9 heteroatoms. The van der Waals surface area contributed by atoms with Gasteiger partial charge in [-0.1, -0.05) is 35.9 Å². The number of aromatic nitrogens is 2. The van der Waals surface area contributed by atoms with Crippen LogP contribution in [0.1, 0.15) is 18.1 Å². The number of hydrogen-bond acceptors (Lipinski definition) is 4. The van der Waals surface area contributed by atoms with Gasteiger partial charge in [0.1, 0.15) is 6.04 Å². The quantitative estimate of drug-likeness (QED) is 0.603. The molecular formula is C21H23ClN4O3S. The molecule has 0 spiro atoms. The Morgan fingerprint density at radius 1 is 1.27 bits per heavy atom. The average molecular weight is 447 g/mol. The van der Waals surface area contributed by atoms with Gasteiger partial charge < -0.3 is 9.88 Å². The van der Waals surface area contributed by atoms with E-state index in [0.717, 1.165) is 21.8 Å². The molecule has 3 rings (SSSR count). The molecule has 0 fully saturated rings. The number of rotatable bonds is 7. The summed E-state index contributed by atoms with van der Waals surface area (Å²) in [5.41, 5.74) is 2.84. The second-order valence-corrected chi connectivity index (χ2v) is 9.28. The van der Waals surface area contributed by atoms with E-state index in [0.29, 0.717) is 16.3 Å². The van der Waals surface area contributed by atoms with Crippen LogP contribution in [0.15, 0.2) is 61.2 Å². The second kappa shape index (κ2) is 8.89. The summed E-state index contributed by atoms with van der Waals surface area (Å²) in [6.45, 7) is 3.57. The van der Waals surface area contributed by atoms with Crippen LogP contribution in [-0.2, 0) is 21.4 Å². The van der Waals surface area contributed by atoms with E-state index in [1.54, 1.807) is 44.6 Å². The SMILES string of the molecule is Cc1ccc(Cl)cc1N([C@@H](C)C(=O)NCc1ccccc1-n1ccnc1)S(C)(=O)=O. The van der Waals surface area contributed by atoms with Gasteiger partial charge in [0.2, 0.25) is 15.9 Å². The molecule has 0 bridgehead atoms. The number of imidazole rings is 1.